The number of benzene rings is 3. The molecule has 3 aromatic rings. The van der Waals surface area contributed by atoms with E-state index in [1.807, 2.05) is 42.5 Å². The Morgan fingerprint density at radius 1 is 1.15 bits per heavy atom. The molecule has 132 valence electrons. The first-order valence-corrected chi connectivity index (χ1v) is 8.41. The van der Waals surface area contributed by atoms with Crippen LogP contribution in [-0.4, -0.2) is 13.1 Å². The first kappa shape index (κ1) is 16.7. The summed E-state index contributed by atoms with van der Waals surface area (Å²) in [6, 6.07) is 21.0. The van der Waals surface area contributed by atoms with Gasteiger partial charge in [0.15, 0.2) is 0 Å². The van der Waals surface area contributed by atoms with Crippen LogP contribution in [0.3, 0.4) is 0 Å². The number of hydrogen-bond acceptors (Lipinski definition) is 5. The quantitative estimate of drug-likeness (QED) is 0.705. The fourth-order valence-electron chi connectivity index (χ4n) is 3.49. The van der Waals surface area contributed by atoms with Gasteiger partial charge >= 0.3 is 5.97 Å². The Balaban J connectivity index is 1.96. The van der Waals surface area contributed by atoms with E-state index < -0.39 is 11.9 Å². The van der Waals surface area contributed by atoms with Crippen LogP contribution in [0.1, 0.15) is 27.4 Å². The molecule has 0 amide bonds. The van der Waals surface area contributed by atoms with E-state index in [0.717, 1.165) is 21.9 Å². The first-order chi connectivity index (χ1) is 13.1. The molecule has 0 aromatic heterocycles. The van der Waals surface area contributed by atoms with Crippen molar-refractivity contribution in [1.82, 2.24) is 0 Å². The summed E-state index contributed by atoms with van der Waals surface area (Å²) in [5.41, 5.74) is 8.44. The van der Waals surface area contributed by atoms with E-state index in [1.54, 1.807) is 18.2 Å². The molecule has 1 unspecified atom stereocenters. The number of fused-ring (bicyclic) bond motifs is 3. The number of rotatable bonds is 2. The molecule has 1 atom stereocenters. The standard InChI is InChI=1S/C22H16N2O3/c1-26-22(25)15-7-4-6-14(11-15)19-17-10-9-13-5-2-3-8-16(13)20(17)27-21(24)18(19)12-23/h2-11,19H,24H2,1H3. The van der Waals surface area contributed by atoms with Gasteiger partial charge in [0.25, 0.3) is 0 Å². The molecular weight excluding hydrogens is 340 g/mol. The normalized spacial score (nSPS) is 15.6. The van der Waals surface area contributed by atoms with Gasteiger partial charge in [-0.2, -0.15) is 5.26 Å². The number of nitriles is 1. The van der Waals surface area contributed by atoms with Gasteiger partial charge in [-0.25, -0.2) is 4.79 Å². The van der Waals surface area contributed by atoms with Crippen molar-refractivity contribution in [2.75, 3.05) is 7.11 Å². The predicted molar refractivity (Wildman–Crippen MR) is 101 cm³/mol. The minimum Gasteiger partial charge on any atom is -0.465 e. The molecule has 27 heavy (non-hydrogen) atoms. The molecule has 1 heterocycles. The minimum absolute atomic E-state index is 0.0785. The number of hydrogen-bond donors (Lipinski definition) is 1. The summed E-state index contributed by atoms with van der Waals surface area (Å²) in [5.74, 6) is -0.140. The smallest absolute Gasteiger partial charge is 0.337 e. The Bertz CT molecular complexity index is 1140. The van der Waals surface area contributed by atoms with Crippen molar-refractivity contribution >= 4 is 16.7 Å². The molecule has 1 aliphatic rings. The molecule has 1 aliphatic heterocycles. The van der Waals surface area contributed by atoms with Crippen LogP contribution in [0.2, 0.25) is 0 Å². The van der Waals surface area contributed by atoms with Crippen LogP contribution >= 0.6 is 0 Å². The molecule has 0 bridgehead atoms. The molecule has 0 saturated carbocycles. The second-order valence-electron chi connectivity index (χ2n) is 6.25. The third kappa shape index (κ3) is 2.68. The van der Waals surface area contributed by atoms with Crippen LogP contribution in [0, 0.1) is 11.3 Å². The summed E-state index contributed by atoms with van der Waals surface area (Å²) >= 11 is 0. The average molecular weight is 356 g/mol. The largest absolute Gasteiger partial charge is 0.465 e. The van der Waals surface area contributed by atoms with E-state index in [2.05, 4.69) is 6.07 Å². The van der Waals surface area contributed by atoms with Gasteiger partial charge in [0.05, 0.1) is 18.6 Å². The lowest BCUT2D eigenvalue weighted by molar-refractivity contribution is 0.0600. The Morgan fingerprint density at radius 3 is 2.74 bits per heavy atom. The SMILES string of the molecule is COC(=O)c1cccc(C2C(C#N)=C(N)Oc3c2ccc2ccccc32)c1. The zero-order chi connectivity index (χ0) is 19.0. The number of esters is 1. The van der Waals surface area contributed by atoms with Crippen LogP contribution in [0.25, 0.3) is 10.8 Å². The van der Waals surface area contributed by atoms with Crippen LogP contribution < -0.4 is 10.5 Å². The first-order valence-electron chi connectivity index (χ1n) is 8.41. The van der Waals surface area contributed by atoms with E-state index in [9.17, 15) is 10.1 Å². The molecule has 0 aliphatic carbocycles. The number of nitrogens with zero attached hydrogens (tertiary/aromatic N) is 1. The molecule has 0 spiro atoms. The zero-order valence-electron chi connectivity index (χ0n) is 14.6. The van der Waals surface area contributed by atoms with Crippen molar-refractivity contribution in [3.63, 3.8) is 0 Å². The number of allylic oxidation sites excluding steroid dienone is 1. The Hall–Kier alpha value is -3.78. The third-order valence-electron chi connectivity index (χ3n) is 4.75. The van der Waals surface area contributed by atoms with Gasteiger partial charge in [0, 0.05) is 10.9 Å². The molecule has 0 saturated heterocycles. The van der Waals surface area contributed by atoms with E-state index in [1.165, 1.54) is 7.11 Å². The maximum Gasteiger partial charge on any atom is 0.337 e. The summed E-state index contributed by atoms with van der Waals surface area (Å²) in [6.45, 7) is 0. The van der Waals surface area contributed by atoms with Crippen LogP contribution in [0.15, 0.2) is 72.1 Å². The minimum atomic E-state index is -0.432. The highest BCUT2D eigenvalue weighted by Gasteiger charge is 2.32. The van der Waals surface area contributed by atoms with Gasteiger partial charge in [0.1, 0.15) is 17.4 Å². The van der Waals surface area contributed by atoms with Crippen molar-refractivity contribution in [2.24, 2.45) is 5.73 Å². The van der Waals surface area contributed by atoms with Gasteiger partial charge in [0.2, 0.25) is 5.88 Å². The van der Waals surface area contributed by atoms with Crippen molar-refractivity contribution in [2.45, 2.75) is 5.92 Å². The number of carbonyl (C=O) groups is 1. The number of ether oxygens (including phenoxy) is 2. The summed E-state index contributed by atoms with van der Waals surface area (Å²) in [5, 5.41) is 11.6. The molecule has 5 nitrogen and oxygen atoms in total. The monoisotopic (exact) mass is 356 g/mol. The molecule has 2 N–H and O–H groups in total. The Labute approximate surface area is 156 Å². The van der Waals surface area contributed by atoms with Crippen molar-refractivity contribution in [1.29, 1.82) is 5.26 Å². The second-order valence-corrected chi connectivity index (χ2v) is 6.25. The summed E-state index contributed by atoms with van der Waals surface area (Å²) in [7, 11) is 1.34. The topological polar surface area (TPSA) is 85.3 Å². The van der Waals surface area contributed by atoms with E-state index >= 15 is 0 Å². The lowest BCUT2D eigenvalue weighted by Crippen LogP contribution is -2.21. The van der Waals surface area contributed by atoms with Crippen molar-refractivity contribution in [3.8, 4) is 11.8 Å². The maximum absolute atomic E-state index is 11.9. The number of nitrogens with two attached hydrogens (primary N) is 1. The fourth-order valence-corrected chi connectivity index (χ4v) is 3.49. The maximum atomic E-state index is 11.9. The fraction of sp³-hybridized carbons (Fsp3) is 0.0909. The van der Waals surface area contributed by atoms with E-state index in [0.29, 0.717) is 16.9 Å². The number of methoxy groups -OCH3 is 1. The molecule has 0 fully saturated rings. The van der Waals surface area contributed by atoms with Crippen LogP contribution in [0.5, 0.6) is 5.75 Å². The number of carbonyl (C=O) groups excluding carboxylic acids is 1. The molecular formula is C22H16N2O3. The third-order valence-corrected chi connectivity index (χ3v) is 4.75. The molecule has 0 radical (unpaired) electrons. The van der Waals surface area contributed by atoms with Gasteiger partial charge < -0.3 is 15.2 Å². The van der Waals surface area contributed by atoms with Crippen molar-refractivity contribution < 1.29 is 14.3 Å². The van der Waals surface area contributed by atoms with E-state index in [4.69, 9.17) is 15.2 Å². The van der Waals surface area contributed by atoms with E-state index in [-0.39, 0.29) is 5.88 Å². The van der Waals surface area contributed by atoms with Gasteiger partial charge in [-0.3, -0.25) is 0 Å². The zero-order valence-corrected chi connectivity index (χ0v) is 14.6. The molecule has 3 aromatic carbocycles. The van der Waals surface area contributed by atoms with Gasteiger partial charge in [-0.1, -0.05) is 48.5 Å². The molecule has 5 heteroatoms. The van der Waals surface area contributed by atoms with Gasteiger partial charge in [-0.05, 0) is 23.1 Å². The molecule has 4 rings (SSSR count). The highest BCUT2D eigenvalue weighted by molar-refractivity contribution is 5.91. The Kier molecular flexibility index (Phi) is 4.02. The summed E-state index contributed by atoms with van der Waals surface area (Å²) in [6.07, 6.45) is 0. The summed E-state index contributed by atoms with van der Waals surface area (Å²) < 4.78 is 10.7. The summed E-state index contributed by atoms with van der Waals surface area (Å²) in [4.78, 5) is 11.9. The highest BCUT2D eigenvalue weighted by Crippen LogP contribution is 2.45. The predicted octanol–water partition coefficient (Wildman–Crippen LogP) is 3.84. The lowest BCUT2D eigenvalue weighted by Gasteiger charge is -2.27. The van der Waals surface area contributed by atoms with Gasteiger partial charge in [-0.15, -0.1) is 0 Å². The lowest BCUT2D eigenvalue weighted by atomic mass is 9.82. The highest BCUT2D eigenvalue weighted by atomic mass is 16.5. The average Bonchev–Trinajstić information content (AvgIpc) is 2.72. The second kappa shape index (κ2) is 6.50. The van der Waals surface area contributed by atoms with Crippen molar-refractivity contribution in [3.05, 3.63) is 88.8 Å². The van der Waals surface area contributed by atoms with Crippen LogP contribution in [-0.2, 0) is 4.74 Å². The van der Waals surface area contributed by atoms with Crippen LogP contribution in [0.4, 0.5) is 0 Å². The Morgan fingerprint density at radius 2 is 1.96 bits per heavy atom.